The van der Waals surface area contributed by atoms with Gasteiger partial charge in [-0.2, -0.15) is 0 Å². The van der Waals surface area contributed by atoms with E-state index in [-0.39, 0.29) is 0 Å². The molecule has 0 rings (SSSR count). The Morgan fingerprint density at radius 3 is 2.33 bits per heavy atom. The molecule has 3 atom stereocenters. The normalized spacial score (nSPS) is 16.2. The first-order valence-corrected chi connectivity index (χ1v) is 12.2. The van der Waals surface area contributed by atoms with Gasteiger partial charge in [-0.05, 0) is 81.4 Å². The number of nitrogens with zero attached hydrogens (tertiary/aromatic N) is 1. The highest BCUT2D eigenvalue weighted by molar-refractivity contribution is 5.97. The molecule has 180 valence electrons. The third-order valence-corrected chi connectivity index (χ3v) is 6.63. The molecule has 1 N–H and O–H groups in total. The lowest BCUT2D eigenvalue weighted by Gasteiger charge is -2.23. The van der Waals surface area contributed by atoms with E-state index >= 15 is 0 Å². The van der Waals surface area contributed by atoms with Crippen LogP contribution in [0.25, 0.3) is 0 Å². The Morgan fingerprint density at radius 2 is 1.79 bits per heavy atom. The maximum Gasteiger partial charge on any atom is 0.0343 e. The first kappa shape index (κ1) is 30.3. The fraction of sp³-hybridized carbons (Fsp3) is 0.516. The molecule has 0 aromatic carbocycles. The standard InChI is InChI=1S/C31H46N2/c1-11-17-24(5)26(7)28(9)27(8)25(6)20-21-30(31(32)13-3)23-29(18-12-2)19-15-16-22-33(10)14-4/h2,4,11,15,17-19,21,24-26,32H,13,16,20,22-23H2,1,3,5-10H3/b17-11?,19-15-,28-27+,29-18+,30-21-,32-31?/t24?,25?,26-/m1/s1. The molecule has 0 aliphatic rings. The van der Waals surface area contributed by atoms with Crippen LogP contribution in [0, 0.1) is 48.0 Å². The summed E-state index contributed by atoms with van der Waals surface area (Å²) in [5.74, 6) is 4.13. The minimum atomic E-state index is 0.430. The number of hydrogen-bond donors (Lipinski definition) is 1. The topological polar surface area (TPSA) is 27.1 Å². The number of terminal acetylenes is 2. The molecule has 0 saturated carbocycles. The van der Waals surface area contributed by atoms with Crippen molar-refractivity contribution >= 4 is 5.71 Å². The lowest BCUT2D eigenvalue weighted by atomic mass is 9.83. The van der Waals surface area contributed by atoms with Gasteiger partial charge in [0.05, 0.1) is 0 Å². The molecule has 2 heteroatoms. The fourth-order valence-corrected chi connectivity index (χ4v) is 3.69. The lowest BCUT2D eigenvalue weighted by Crippen LogP contribution is -2.11. The average molecular weight is 447 g/mol. The molecule has 0 spiro atoms. The van der Waals surface area contributed by atoms with Gasteiger partial charge in [0.15, 0.2) is 0 Å². The molecule has 0 fully saturated rings. The van der Waals surface area contributed by atoms with Gasteiger partial charge in [-0.1, -0.05) is 81.6 Å². The molecular formula is C31H46N2. The number of nitrogens with one attached hydrogen (secondary N) is 1. The summed E-state index contributed by atoms with van der Waals surface area (Å²) in [6.07, 6.45) is 26.8. The summed E-state index contributed by atoms with van der Waals surface area (Å²) in [6.45, 7) is 16.3. The highest BCUT2D eigenvalue weighted by Gasteiger charge is 2.16. The SMILES string of the molecule is C#C/C=C(\C=C/CCN(C)C#C)C/C(=C/CC(C)/C(C)=C(\C)[C@H](C)C(C)C=CC)C(=N)CC. The molecule has 0 saturated heterocycles. The maximum atomic E-state index is 8.50. The predicted molar refractivity (Wildman–Crippen MR) is 148 cm³/mol. The van der Waals surface area contributed by atoms with E-state index in [1.54, 1.807) is 6.08 Å². The van der Waals surface area contributed by atoms with E-state index in [0.717, 1.165) is 30.5 Å². The summed E-state index contributed by atoms with van der Waals surface area (Å²) < 4.78 is 0. The van der Waals surface area contributed by atoms with Crippen LogP contribution in [0.5, 0.6) is 0 Å². The molecule has 0 heterocycles. The highest BCUT2D eigenvalue weighted by atomic mass is 15.1. The van der Waals surface area contributed by atoms with Gasteiger partial charge in [0.2, 0.25) is 0 Å². The van der Waals surface area contributed by atoms with Crippen molar-refractivity contribution in [1.29, 1.82) is 5.41 Å². The highest BCUT2D eigenvalue weighted by Crippen LogP contribution is 2.29. The van der Waals surface area contributed by atoms with Crippen LogP contribution in [0.4, 0.5) is 0 Å². The van der Waals surface area contributed by atoms with Gasteiger partial charge in [0.1, 0.15) is 0 Å². The van der Waals surface area contributed by atoms with Crippen molar-refractivity contribution in [1.82, 2.24) is 4.90 Å². The molecule has 2 nitrogen and oxygen atoms in total. The van der Waals surface area contributed by atoms with Gasteiger partial charge in [-0.25, -0.2) is 0 Å². The zero-order valence-electron chi connectivity index (χ0n) is 22.3. The Kier molecular flexibility index (Phi) is 15.5. The van der Waals surface area contributed by atoms with Gasteiger partial charge in [0.25, 0.3) is 0 Å². The van der Waals surface area contributed by atoms with Gasteiger partial charge in [-0.3, -0.25) is 0 Å². The van der Waals surface area contributed by atoms with E-state index in [1.807, 2.05) is 18.9 Å². The Balaban J connectivity index is 5.54. The summed E-state index contributed by atoms with van der Waals surface area (Å²) >= 11 is 0. The van der Waals surface area contributed by atoms with Crippen molar-refractivity contribution in [3.05, 3.63) is 58.7 Å². The van der Waals surface area contributed by atoms with Crippen molar-refractivity contribution in [3.8, 4) is 24.8 Å². The Hall–Kier alpha value is -2.71. The Morgan fingerprint density at radius 1 is 1.12 bits per heavy atom. The number of rotatable bonds is 14. The van der Waals surface area contributed by atoms with Gasteiger partial charge >= 0.3 is 0 Å². The van der Waals surface area contributed by atoms with Gasteiger partial charge in [-0.15, -0.1) is 6.42 Å². The molecule has 0 aliphatic carbocycles. The summed E-state index contributed by atoms with van der Waals surface area (Å²) in [5, 5.41) is 8.50. The minimum absolute atomic E-state index is 0.430. The van der Waals surface area contributed by atoms with E-state index in [9.17, 15) is 0 Å². The second-order valence-electron chi connectivity index (χ2n) is 9.04. The molecule has 0 aromatic heterocycles. The van der Waals surface area contributed by atoms with Gasteiger partial charge < -0.3 is 10.3 Å². The number of allylic oxidation sites excluding steroid dienone is 9. The van der Waals surface area contributed by atoms with E-state index in [4.69, 9.17) is 18.3 Å². The third kappa shape index (κ3) is 11.6. The van der Waals surface area contributed by atoms with Crippen molar-refractivity contribution in [2.75, 3.05) is 13.6 Å². The number of hydrogen-bond acceptors (Lipinski definition) is 2. The molecule has 2 unspecified atom stereocenters. The molecular weight excluding hydrogens is 400 g/mol. The largest absolute Gasteiger partial charge is 0.336 e. The van der Waals surface area contributed by atoms with Crippen LogP contribution < -0.4 is 0 Å². The van der Waals surface area contributed by atoms with Crippen LogP contribution in [0.3, 0.4) is 0 Å². The van der Waals surface area contributed by atoms with Crippen molar-refractivity contribution in [3.63, 3.8) is 0 Å². The van der Waals surface area contributed by atoms with Crippen LogP contribution in [0.2, 0.25) is 0 Å². The zero-order chi connectivity index (χ0) is 25.4. The lowest BCUT2D eigenvalue weighted by molar-refractivity contribution is 0.492. The van der Waals surface area contributed by atoms with Crippen LogP contribution >= 0.6 is 0 Å². The first-order chi connectivity index (χ1) is 15.6. The molecule has 33 heavy (non-hydrogen) atoms. The molecule has 0 aromatic rings. The first-order valence-electron chi connectivity index (χ1n) is 12.2. The average Bonchev–Trinajstić information content (AvgIpc) is 2.81. The van der Waals surface area contributed by atoms with Crippen molar-refractivity contribution < 1.29 is 0 Å². The third-order valence-electron chi connectivity index (χ3n) is 6.63. The van der Waals surface area contributed by atoms with Crippen LogP contribution in [0.1, 0.15) is 74.1 Å². The van der Waals surface area contributed by atoms with Crippen LogP contribution in [-0.4, -0.2) is 24.2 Å². The zero-order valence-corrected chi connectivity index (χ0v) is 22.3. The Labute approximate surface area is 205 Å². The van der Waals surface area contributed by atoms with Crippen molar-refractivity contribution in [2.24, 2.45) is 17.8 Å². The summed E-state index contributed by atoms with van der Waals surface area (Å²) in [7, 11) is 1.90. The summed E-state index contributed by atoms with van der Waals surface area (Å²) in [6, 6.07) is 2.60. The van der Waals surface area contributed by atoms with E-state index < -0.39 is 0 Å². The van der Waals surface area contributed by atoms with Crippen LogP contribution in [0.15, 0.2) is 58.7 Å². The quantitative estimate of drug-likeness (QED) is 0.0946. The monoisotopic (exact) mass is 446 g/mol. The van der Waals surface area contributed by atoms with Crippen LogP contribution in [-0.2, 0) is 0 Å². The predicted octanol–water partition coefficient (Wildman–Crippen LogP) is 7.97. The minimum Gasteiger partial charge on any atom is -0.336 e. The summed E-state index contributed by atoms with van der Waals surface area (Å²) in [5.41, 5.74) is 5.72. The second kappa shape index (κ2) is 16.9. The molecule has 0 amide bonds. The maximum absolute atomic E-state index is 8.50. The van der Waals surface area contributed by atoms with E-state index in [2.05, 4.69) is 83.9 Å². The van der Waals surface area contributed by atoms with E-state index in [0.29, 0.717) is 36.3 Å². The molecule has 0 radical (unpaired) electrons. The Bertz CT molecular complexity index is 848. The van der Waals surface area contributed by atoms with Gasteiger partial charge in [0, 0.05) is 25.3 Å². The summed E-state index contributed by atoms with van der Waals surface area (Å²) in [4.78, 5) is 1.83. The second-order valence-corrected chi connectivity index (χ2v) is 9.04. The fourth-order valence-electron chi connectivity index (χ4n) is 3.69. The van der Waals surface area contributed by atoms with E-state index in [1.165, 1.54) is 11.1 Å². The molecule has 0 aliphatic heterocycles. The smallest absolute Gasteiger partial charge is 0.0343 e. The molecule has 0 bridgehead atoms. The van der Waals surface area contributed by atoms with Crippen molar-refractivity contribution in [2.45, 2.75) is 74.1 Å².